The average Bonchev–Trinajstić information content (AvgIpc) is 2.29. The number of aliphatic hydroxyl groups is 2. The number of hydrogen-bond acceptors (Lipinski definition) is 5. The number of hydrogen-bond donors (Lipinski definition) is 2. The lowest BCUT2D eigenvalue weighted by atomic mass is 10.1. The zero-order chi connectivity index (χ0) is 12.8. The first-order valence-electron chi connectivity index (χ1n) is 5.26. The first kappa shape index (κ1) is 14.0. The van der Waals surface area contributed by atoms with Crippen LogP contribution in [0.15, 0.2) is 23.1 Å². The van der Waals surface area contributed by atoms with Crippen molar-refractivity contribution >= 4 is 17.4 Å². The van der Waals surface area contributed by atoms with Gasteiger partial charge in [-0.2, -0.15) is 0 Å². The molecule has 1 aromatic rings. The van der Waals surface area contributed by atoms with E-state index in [2.05, 4.69) is 0 Å². The van der Waals surface area contributed by atoms with Crippen LogP contribution in [0, 0.1) is 10.1 Å². The molecule has 0 saturated heterocycles. The molecule has 0 aliphatic rings. The van der Waals surface area contributed by atoms with Gasteiger partial charge >= 0.3 is 0 Å². The zero-order valence-electron chi connectivity index (χ0n) is 9.50. The third-order valence-electron chi connectivity index (χ3n) is 2.22. The number of rotatable bonds is 6. The highest BCUT2D eigenvalue weighted by molar-refractivity contribution is 7.99. The second kappa shape index (κ2) is 6.58. The Morgan fingerprint density at radius 3 is 2.76 bits per heavy atom. The minimum Gasteiger partial charge on any atom is -0.396 e. The first-order valence-corrected chi connectivity index (χ1v) is 6.25. The normalized spacial score (nSPS) is 12.4. The molecule has 0 bridgehead atoms. The molecule has 0 saturated carbocycles. The Morgan fingerprint density at radius 1 is 1.53 bits per heavy atom. The summed E-state index contributed by atoms with van der Waals surface area (Å²) >= 11 is 1.34. The summed E-state index contributed by atoms with van der Waals surface area (Å²) in [5.74, 6) is 0.630. The van der Waals surface area contributed by atoms with Crippen molar-refractivity contribution < 1.29 is 15.1 Å². The van der Waals surface area contributed by atoms with Crippen LogP contribution in [0.3, 0.4) is 0 Å². The molecular weight excluding hydrogens is 242 g/mol. The highest BCUT2D eigenvalue weighted by Gasteiger charge is 2.16. The van der Waals surface area contributed by atoms with Crippen molar-refractivity contribution in [3.63, 3.8) is 0 Å². The summed E-state index contributed by atoms with van der Waals surface area (Å²) in [6, 6.07) is 4.72. The SMILES string of the molecule is C[C@H](O)c1ccc(SCCCO)c([N+](=O)[O-])c1. The predicted octanol–water partition coefficient (Wildman–Crippen LogP) is 2.12. The standard InChI is InChI=1S/C11H15NO4S/c1-8(14)9-3-4-11(17-6-2-5-13)10(7-9)12(15)16/h3-4,7-8,13-14H,2,5-6H2,1H3/t8-/m0/s1. The monoisotopic (exact) mass is 257 g/mol. The van der Waals surface area contributed by atoms with Crippen LogP contribution >= 0.6 is 11.8 Å². The number of nitrogens with zero attached hydrogens (tertiary/aromatic N) is 1. The molecule has 0 spiro atoms. The van der Waals surface area contributed by atoms with Crippen molar-refractivity contribution in [2.45, 2.75) is 24.3 Å². The molecule has 0 unspecified atom stereocenters. The van der Waals surface area contributed by atoms with Crippen molar-refractivity contribution in [3.8, 4) is 0 Å². The van der Waals surface area contributed by atoms with E-state index < -0.39 is 11.0 Å². The van der Waals surface area contributed by atoms with E-state index in [-0.39, 0.29) is 12.3 Å². The van der Waals surface area contributed by atoms with E-state index in [9.17, 15) is 15.2 Å². The number of benzene rings is 1. The van der Waals surface area contributed by atoms with Gasteiger partial charge in [0.25, 0.3) is 5.69 Å². The Balaban J connectivity index is 2.92. The molecule has 0 fully saturated rings. The van der Waals surface area contributed by atoms with Gasteiger partial charge in [-0.1, -0.05) is 6.07 Å². The third kappa shape index (κ3) is 3.99. The number of thioether (sulfide) groups is 1. The Kier molecular flexibility index (Phi) is 5.40. The maximum absolute atomic E-state index is 10.9. The van der Waals surface area contributed by atoms with E-state index in [0.29, 0.717) is 22.6 Å². The molecule has 6 heteroatoms. The maximum Gasteiger partial charge on any atom is 0.283 e. The van der Waals surface area contributed by atoms with Gasteiger partial charge in [0.15, 0.2) is 0 Å². The number of nitro groups is 1. The summed E-state index contributed by atoms with van der Waals surface area (Å²) in [5.41, 5.74) is 0.537. The van der Waals surface area contributed by atoms with Crippen LogP contribution in [-0.2, 0) is 0 Å². The lowest BCUT2D eigenvalue weighted by Gasteiger charge is -2.07. The van der Waals surface area contributed by atoms with Gasteiger partial charge in [0.1, 0.15) is 0 Å². The first-order chi connectivity index (χ1) is 8.06. The number of aliphatic hydroxyl groups excluding tert-OH is 2. The fraction of sp³-hybridized carbons (Fsp3) is 0.455. The largest absolute Gasteiger partial charge is 0.396 e. The third-order valence-corrected chi connectivity index (χ3v) is 3.37. The Bertz CT molecular complexity index is 395. The Hall–Kier alpha value is -1.11. The molecule has 0 aliphatic heterocycles. The van der Waals surface area contributed by atoms with Gasteiger partial charge in [-0.15, -0.1) is 11.8 Å². The predicted molar refractivity (Wildman–Crippen MR) is 66.2 cm³/mol. The number of nitro benzene ring substituents is 1. The molecule has 0 heterocycles. The van der Waals surface area contributed by atoms with Crippen molar-refractivity contribution in [2.75, 3.05) is 12.4 Å². The van der Waals surface area contributed by atoms with E-state index in [4.69, 9.17) is 5.11 Å². The van der Waals surface area contributed by atoms with Crippen LogP contribution in [0.2, 0.25) is 0 Å². The molecule has 5 nitrogen and oxygen atoms in total. The fourth-order valence-electron chi connectivity index (χ4n) is 1.31. The molecule has 0 radical (unpaired) electrons. The molecule has 1 atom stereocenters. The average molecular weight is 257 g/mol. The van der Waals surface area contributed by atoms with Crippen molar-refractivity contribution in [2.24, 2.45) is 0 Å². The smallest absolute Gasteiger partial charge is 0.283 e. The lowest BCUT2D eigenvalue weighted by Crippen LogP contribution is -1.97. The summed E-state index contributed by atoms with van der Waals surface area (Å²) in [6.45, 7) is 1.64. The van der Waals surface area contributed by atoms with Gasteiger partial charge < -0.3 is 10.2 Å². The van der Waals surface area contributed by atoms with E-state index in [0.717, 1.165) is 0 Å². The van der Waals surface area contributed by atoms with Crippen LogP contribution in [0.1, 0.15) is 25.0 Å². The highest BCUT2D eigenvalue weighted by Crippen LogP contribution is 2.31. The van der Waals surface area contributed by atoms with Crippen LogP contribution in [-0.4, -0.2) is 27.5 Å². The van der Waals surface area contributed by atoms with Crippen LogP contribution < -0.4 is 0 Å². The van der Waals surface area contributed by atoms with Crippen LogP contribution in [0.5, 0.6) is 0 Å². The summed E-state index contributed by atoms with van der Waals surface area (Å²) in [6.07, 6.45) is -0.120. The van der Waals surface area contributed by atoms with Crippen molar-refractivity contribution in [1.29, 1.82) is 0 Å². The molecular formula is C11H15NO4S. The topological polar surface area (TPSA) is 83.6 Å². The second-order valence-electron chi connectivity index (χ2n) is 3.59. The van der Waals surface area contributed by atoms with Gasteiger partial charge in [0.2, 0.25) is 0 Å². The van der Waals surface area contributed by atoms with Crippen molar-refractivity contribution in [1.82, 2.24) is 0 Å². The van der Waals surface area contributed by atoms with E-state index in [1.807, 2.05) is 0 Å². The summed E-state index contributed by atoms with van der Waals surface area (Å²) in [5, 5.41) is 28.9. The molecule has 1 rings (SSSR count). The summed E-state index contributed by atoms with van der Waals surface area (Å²) in [7, 11) is 0. The summed E-state index contributed by atoms with van der Waals surface area (Å²) in [4.78, 5) is 11.0. The van der Waals surface area contributed by atoms with E-state index in [1.54, 1.807) is 19.1 Å². The minimum atomic E-state index is -0.717. The lowest BCUT2D eigenvalue weighted by molar-refractivity contribution is -0.387. The molecule has 17 heavy (non-hydrogen) atoms. The molecule has 1 aromatic carbocycles. The zero-order valence-corrected chi connectivity index (χ0v) is 10.3. The molecule has 0 aromatic heterocycles. The van der Waals surface area contributed by atoms with Crippen LogP contribution in [0.25, 0.3) is 0 Å². The fourth-order valence-corrected chi connectivity index (χ4v) is 2.24. The Morgan fingerprint density at radius 2 is 2.24 bits per heavy atom. The molecule has 0 amide bonds. The van der Waals surface area contributed by atoms with Crippen molar-refractivity contribution in [3.05, 3.63) is 33.9 Å². The molecule has 0 aliphatic carbocycles. The van der Waals surface area contributed by atoms with E-state index >= 15 is 0 Å². The van der Waals surface area contributed by atoms with Gasteiger partial charge in [-0.3, -0.25) is 10.1 Å². The van der Waals surface area contributed by atoms with Gasteiger partial charge in [-0.25, -0.2) is 0 Å². The maximum atomic E-state index is 10.9. The van der Waals surface area contributed by atoms with Gasteiger partial charge in [0.05, 0.1) is 15.9 Å². The molecule has 94 valence electrons. The minimum absolute atomic E-state index is 0.00587. The van der Waals surface area contributed by atoms with Gasteiger partial charge in [-0.05, 0) is 25.0 Å². The van der Waals surface area contributed by atoms with E-state index in [1.165, 1.54) is 17.8 Å². The quantitative estimate of drug-likeness (QED) is 0.353. The second-order valence-corrected chi connectivity index (χ2v) is 4.72. The Labute approximate surface area is 104 Å². The summed E-state index contributed by atoms with van der Waals surface area (Å²) < 4.78 is 0. The highest BCUT2D eigenvalue weighted by atomic mass is 32.2. The van der Waals surface area contributed by atoms with Crippen LogP contribution in [0.4, 0.5) is 5.69 Å². The van der Waals surface area contributed by atoms with Gasteiger partial charge in [0, 0.05) is 18.4 Å². The molecule has 2 N–H and O–H groups in total.